The summed E-state index contributed by atoms with van der Waals surface area (Å²) in [4.78, 5) is 29.4. The van der Waals surface area contributed by atoms with Crippen molar-refractivity contribution in [2.24, 2.45) is 0 Å². The van der Waals surface area contributed by atoms with Gasteiger partial charge in [-0.1, -0.05) is 55.5 Å². The first-order chi connectivity index (χ1) is 16.5. The molecule has 1 aliphatic carbocycles. The van der Waals surface area contributed by atoms with Crippen LogP contribution in [0.5, 0.6) is 0 Å². The van der Waals surface area contributed by atoms with Crippen LogP contribution in [0.3, 0.4) is 0 Å². The quantitative estimate of drug-likeness (QED) is 0.480. The summed E-state index contributed by atoms with van der Waals surface area (Å²) in [7, 11) is 0. The number of carbonyl (C=O) groups excluding carboxylic acids is 2. The average Bonchev–Trinajstić information content (AvgIpc) is 3.42. The van der Waals surface area contributed by atoms with E-state index in [1.807, 2.05) is 60.0 Å². The van der Waals surface area contributed by atoms with E-state index in [0.29, 0.717) is 23.0 Å². The van der Waals surface area contributed by atoms with Crippen LogP contribution in [-0.2, 0) is 17.9 Å². The third-order valence-electron chi connectivity index (χ3n) is 7.25. The molecule has 1 fully saturated rings. The molecule has 2 aromatic heterocycles. The molecule has 3 aromatic rings. The highest BCUT2D eigenvalue weighted by atomic mass is 35.5. The van der Waals surface area contributed by atoms with Crippen molar-refractivity contribution in [1.29, 1.82) is 0 Å². The summed E-state index contributed by atoms with van der Waals surface area (Å²) in [5.74, 6) is 0.358. The molecule has 1 aliphatic heterocycles. The molecule has 0 spiro atoms. The minimum Gasteiger partial charge on any atom is -0.463 e. The Morgan fingerprint density at radius 1 is 1.06 bits per heavy atom. The lowest BCUT2D eigenvalue weighted by Crippen LogP contribution is -2.64. The lowest BCUT2D eigenvalue weighted by Gasteiger charge is -2.45. The highest BCUT2D eigenvalue weighted by Crippen LogP contribution is 2.35. The minimum absolute atomic E-state index is 0.121. The molecular formula is C27H30ClN3O3. The Labute approximate surface area is 204 Å². The van der Waals surface area contributed by atoms with Gasteiger partial charge in [-0.25, -0.2) is 0 Å². The first-order valence-corrected chi connectivity index (χ1v) is 12.4. The number of furan rings is 1. The molecule has 1 N–H and O–H groups in total. The SMILES string of the molecule is C[C@]1(C(=O)NC2CCCCCC2)Cn2c(ccc2-c2ccco2)C(=O)N1Cc1ccccc1Cl. The summed E-state index contributed by atoms with van der Waals surface area (Å²) in [6, 6.07) is 15.0. The third kappa shape index (κ3) is 4.16. The summed E-state index contributed by atoms with van der Waals surface area (Å²) in [5.41, 5.74) is 1.06. The van der Waals surface area contributed by atoms with Gasteiger partial charge in [0.05, 0.1) is 18.5 Å². The number of aromatic nitrogens is 1. The standard InChI is InChI=1S/C27H30ClN3O3/c1-27(26(33)29-20-10-4-2-3-5-11-20)18-30-22(24-13-8-16-34-24)14-15-23(30)25(32)31(27)17-19-9-6-7-12-21(19)28/h6-9,12-16,20H,2-5,10-11,17-18H2,1H3,(H,29,33)/t27-/m1/s1. The Kier molecular flexibility index (Phi) is 6.26. The fourth-order valence-electron chi connectivity index (χ4n) is 5.22. The number of fused-ring (bicyclic) bond motifs is 1. The van der Waals surface area contributed by atoms with Gasteiger partial charge in [0.1, 0.15) is 17.0 Å². The van der Waals surface area contributed by atoms with Crippen molar-refractivity contribution in [2.75, 3.05) is 0 Å². The van der Waals surface area contributed by atoms with E-state index < -0.39 is 5.54 Å². The lowest BCUT2D eigenvalue weighted by atomic mass is 9.92. The van der Waals surface area contributed by atoms with Gasteiger partial charge in [0.2, 0.25) is 5.91 Å². The van der Waals surface area contributed by atoms with E-state index in [1.165, 1.54) is 12.8 Å². The van der Waals surface area contributed by atoms with Crippen molar-refractivity contribution in [2.45, 2.75) is 70.1 Å². The summed E-state index contributed by atoms with van der Waals surface area (Å²) < 4.78 is 7.53. The van der Waals surface area contributed by atoms with E-state index in [9.17, 15) is 9.59 Å². The maximum absolute atomic E-state index is 13.9. The van der Waals surface area contributed by atoms with Crippen LogP contribution in [-0.4, -0.2) is 32.9 Å². The third-order valence-corrected chi connectivity index (χ3v) is 7.61. The van der Waals surface area contributed by atoms with Crippen molar-refractivity contribution >= 4 is 23.4 Å². The largest absolute Gasteiger partial charge is 0.463 e. The van der Waals surface area contributed by atoms with E-state index in [-0.39, 0.29) is 24.4 Å². The van der Waals surface area contributed by atoms with Gasteiger partial charge in [0, 0.05) is 17.6 Å². The number of nitrogens with zero attached hydrogens (tertiary/aromatic N) is 2. The first-order valence-electron chi connectivity index (χ1n) is 12.1. The molecule has 2 aliphatic rings. The van der Waals surface area contributed by atoms with Crippen LogP contribution in [0, 0.1) is 0 Å². The monoisotopic (exact) mass is 479 g/mol. The molecule has 1 atom stereocenters. The fraction of sp³-hybridized carbons (Fsp3) is 0.407. The highest BCUT2D eigenvalue weighted by molar-refractivity contribution is 6.31. The summed E-state index contributed by atoms with van der Waals surface area (Å²) >= 11 is 6.45. The van der Waals surface area contributed by atoms with Crippen molar-refractivity contribution in [3.63, 3.8) is 0 Å². The molecule has 2 amide bonds. The molecule has 0 radical (unpaired) electrons. The summed E-state index contributed by atoms with van der Waals surface area (Å²) in [5, 5.41) is 3.88. The Morgan fingerprint density at radius 3 is 2.50 bits per heavy atom. The Morgan fingerprint density at radius 2 is 1.79 bits per heavy atom. The van der Waals surface area contributed by atoms with Crippen molar-refractivity contribution in [3.8, 4) is 11.5 Å². The number of hydrogen-bond acceptors (Lipinski definition) is 3. The van der Waals surface area contributed by atoms with Gasteiger partial charge in [-0.05, 0) is 55.7 Å². The predicted octanol–water partition coefficient (Wildman–Crippen LogP) is 5.66. The second-order valence-electron chi connectivity index (χ2n) is 9.59. The van der Waals surface area contributed by atoms with Crippen LogP contribution in [0.1, 0.15) is 61.5 Å². The zero-order valence-electron chi connectivity index (χ0n) is 19.4. The highest BCUT2D eigenvalue weighted by Gasteiger charge is 2.48. The molecule has 178 valence electrons. The normalized spacial score (nSPS) is 21.2. The van der Waals surface area contributed by atoms with E-state index in [2.05, 4.69) is 5.32 Å². The molecule has 7 heteroatoms. The Hall–Kier alpha value is -2.99. The molecule has 6 nitrogen and oxygen atoms in total. The van der Waals surface area contributed by atoms with Crippen LogP contribution in [0.4, 0.5) is 0 Å². The minimum atomic E-state index is -1.09. The molecule has 1 saturated carbocycles. The summed E-state index contributed by atoms with van der Waals surface area (Å²) in [6.07, 6.45) is 8.23. The topological polar surface area (TPSA) is 67.5 Å². The van der Waals surface area contributed by atoms with Crippen LogP contribution in [0.25, 0.3) is 11.5 Å². The summed E-state index contributed by atoms with van der Waals surface area (Å²) in [6.45, 7) is 2.46. The number of amides is 2. The van der Waals surface area contributed by atoms with Crippen molar-refractivity contribution in [1.82, 2.24) is 14.8 Å². The van der Waals surface area contributed by atoms with E-state index in [4.69, 9.17) is 16.0 Å². The molecule has 0 unspecified atom stereocenters. The molecular weight excluding hydrogens is 450 g/mol. The average molecular weight is 480 g/mol. The zero-order valence-corrected chi connectivity index (χ0v) is 20.2. The second kappa shape index (κ2) is 9.34. The maximum Gasteiger partial charge on any atom is 0.271 e. The number of nitrogens with one attached hydrogen (secondary N) is 1. The zero-order chi connectivity index (χ0) is 23.7. The fourth-order valence-corrected chi connectivity index (χ4v) is 5.42. The van der Waals surface area contributed by atoms with Crippen LogP contribution in [0.15, 0.2) is 59.2 Å². The van der Waals surface area contributed by atoms with Crippen molar-refractivity contribution < 1.29 is 14.0 Å². The molecule has 5 rings (SSSR count). The van der Waals surface area contributed by atoms with E-state index in [0.717, 1.165) is 36.9 Å². The lowest BCUT2D eigenvalue weighted by molar-refractivity contribution is -0.134. The van der Waals surface area contributed by atoms with E-state index in [1.54, 1.807) is 11.2 Å². The van der Waals surface area contributed by atoms with E-state index >= 15 is 0 Å². The van der Waals surface area contributed by atoms with Crippen LogP contribution < -0.4 is 5.32 Å². The van der Waals surface area contributed by atoms with Gasteiger partial charge in [-0.15, -0.1) is 0 Å². The van der Waals surface area contributed by atoms with Crippen molar-refractivity contribution in [3.05, 3.63) is 71.1 Å². The van der Waals surface area contributed by atoms with Crippen LogP contribution >= 0.6 is 11.6 Å². The first kappa shape index (κ1) is 22.8. The molecule has 0 bridgehead atoms. The molecule has 34 heavy (non-hydrogen) atoms. The van der Waals surface area contributed by atoms with Gasteiger partial charge >= 0.3 is 0 Å². The Balaban J connectivity index is 1.53. The number of rotatable bonds is 5. The van der Waals surface area contributed by atoms with Crippen LogP contribution in [0.2, 0.25) is 5.02 Å². The molecule has 3 heterocycles. The second-order valence-corrected chi connectivity index (χ2v) is 9.99. The number of hydrogen-bond donors (Lipinski definition) is 1. The van der Waals surface area contributed by atoms with Gasteiger partial charge in [0.15, 0.2) is 0 Å². The van der Waals surface area contributed by atoms with Gasteiger partial charge in [-0.3, -0.25) is 9.59 Å². The van der Waals surface area contributed by atoms with Gasteiger partial charge in [-0.2, -0.15) is 0 Å². The molecule has 0 saturated heterocycles. The molecule has 1 aromatic carbocycles. The number of benzene rings is 1. The number of carbonyl (C=O) groups is 2. The maximum atomic E-state index is 13.9. The Bertz CT molecular complexity index is 1180. The predicted molar refractivity (Wildman–Crippen MR) is 131 cm³/mol. The number of halogens is 1. The van der Waals surface area contributed by atoms with Gasteiger partial charge in [0.25, 0.3) is 5.91 Å². The van der Waals surface area contributed by atoms with Gasteiger partial charge < -0.3 is 19.2 Å². The smallest absolute Gasteiger partial charge is 0.271 e.